The molecule has 2 rings (SSSR count). The fourth-order valence-corrected chi connectivity index (χ4v) is 1.96. The molecule has 0 fully saturated rings. The lowest BCUT2D eigenvalue weighted by atomic mass is 10.1. The molecule has 0 aliphatic rings. The maximum absolute atomic E-state index is 11.6. The van der Waals surface area contributed by atoms with Crippen LogP contribution in [0.2, 0.25) is 0 Å². The lowest BCUT2D eigenvalue weighted by Crippen LogP contribution is -2.48. The van der Waals surface area contributed by atoms with E-state index in [0.29, 0.717) is 17.3 Å². The lowest BCUT2D eigenvalue weighted by molar-refractivity contribution is 0.246. The first kappa shape index (κ1) is 15.7. The first-order valence-corrected chi connectivity index (χ1v) is 6.59. The predicted octanol–water partition coefficient (Wildman–Crippen LogP) is 0.936. The van der Waals surface area contributed by atoms with Crippen LogP contribution < -0.4 is 26.9 Å². The molecule has 2 amide bonds. The zero-order valence-electron chi connectivity index (χ0n) is 12.4. The highest BCUT2D eigenvalue weighted by atomic mass is 16.5. The molecule has 0 bridgehead atoms. The molecule has 0 unspecified atom stereocenters. The number of aryl methyl sites for hydroxylation is 2. The minimum absolute atomic E-state index is 0.201. The Bertz CT molecular complexity index is 676. The van der Waals surface area contributed by atoms with Gasteiger partial charge in [-0.3, -0.25) is 10.4 Å². The van der Waals surface area contributed by atoms with Crippen molar-refractivity contribution in [2.24, 2.45) is 11.7 Å². The summed E-state index contributed by atoms with van der Waals surface area (Å²) in [6.45, 7) is 3.91. The molecule has 22 heavy (non-hydrogen) atoms. The molecule has 8 heteroatoms. The van der Waals surface area contributed by atoms with Crippen molar-refractivity contribution < 1.29 is 9.53 Å². The van der Waals surface area contributed by atoms with Crippen molar-refractivity contribution >= 4 is 11.7 Å². The summed E-state index contributed by atoms with van der Waals surface area (Å²) in [5, 5.41) is 0.940. The number of anilines is 1. The number of nitrogens with one attached hydrogen (secondary N) is 1. The standard InChI is InChI=1S/C14H18N6O2/c1-9-4-3-5-12(20(16)14(21)19-15)11(9)8-22-13-10(2)17-6-7-18-13/h3-7H,8,15-16H2,1-2H3,(H,19,21). The Morgan fingerprint density at radius 2 is 2.05 bits per heavy atom. The molecule has 0 saturated carbocycles. The zero-order chi connectivity index (χ0) is 16.1. The number of rotatable bonds is 4. The fraction of sp³-hybridized carbons (Fsp3) is 0.214. The minimum atomic E-state index is -0.623. The molecule has 1 aromatic heterocycles. The molecule has 2 aromatic rings. The lowest BCUT2D eigenvalue weighted by Gasteiger charge is -2.21. The van der Waals surface area contributed by atoms with Gasteiger partial charge in [0.1, 0.15) is 6.61 Å². The second kappa shape index (κ2) is 6.83. The number of benzene rings is 1. The van der Waals surface area contributed by atoms with Crippen molar-refractivity contribution in [2.45, 2.75) is 20.5 Å². The highest BCUT2D eigenvalue weighted by Gasteiger charge is 2.16. The van der Waals surface area contributed by atoms with E-state index < -0.39 is 6.03 Å². The van der Waals surface area contributed by atoms with Gasteiger partial charge in [0.2, 0.25) is 5.88 Å². The monoisotopic (exact) mass is 302 g/mol. The first-order valence-electron chi connectivity index (χ1n) is 6.59. The second-order valence-corrected chi connectivity index (χ2v) is 4.63. The Balaban J connectivity index is 2.27. The zero-order valence-corrected chi connectivity index (χ0v) is 12.4. The molecule has 0 atom stereocenters. The molecular formula is C14H18N6O2. The van der Waals surface area contributed by atoms with E-state index >= 15 is 0 Å². The number of hydrogen-bond acceptors (Lipinski definition) is 6. The van der Waals surface area contributed by atoms with E-state index in [9.17, 15) is 4.79 Å². The predicted molar refractivity (Wildman–Crippen MR) is 81.7 cm³/mol. The maximum Gasteiger partial charge on any atom is 0.350 e. The van der Waals surface area contributed by atoms with Crippen molar-refractivity contribution in [1.29, 1.82) is 0 Å². The molecule has 5 N–H and O–H groups in total. The maximum atomic E-state index is 11.6. The summed E-state index contributed by atoms with van der Waals surface area (Å²) in [5.74, 6) is 11.3. The third-order valence-corrected chi connectivity index (χ3v) is 3.18. The van der Waals surface area contributed by atoms with Gasteiger partial charge in [-0.25, -0.2) is 26.5 Å². The normalized spacial score (nSPS) is 10.2. The Kier molecular flexibility index (Phi) is 4.87. The molecule has 1 aromatic carbocycles. The summed E-state index contributed by atoms with van der Waals surface area (Å²) >= 11 is 0. The number of amides is 2. The van der Waals surface area contributed by atoms with Crippen LogP contribution >= 0.6 is 0 Å². The molecule has 0 aliphatic heterocycles. The van der Waals surface area contributed by atoms with Crippen LogP contribution in [0.5, 0.6) is 5.88 Å². The minimum Gasteiger partial charge on any atom is -0.471 e. The van der Waals surface area contributed by atoms with E-state index in [4.69, 9.17) is 16.4 Å². The quantitative estimate of drug-likeness (QED) is 0.439. The summed E-state index contributed by atoms with van der Waals surface area (Å²) in [7, 11) is 0. The number of nitrogens with zero attached hydrogens (tertiary/aromatic N) is 3. The SMILES string of the molecule is Cc1cccc(N(N)C(=O)NN)c1COc1nccnc1C. The number of nitrogens with two attached hydrogens (primary N) is 2. The van der Waals surface area contributed by atoms with Crippen molar-refractivity contribution in [1.82, 2.24) is 15.4 Å². The van der Waals surface area contributed by atoms with Gasteiger partial charge in [0.05, 0.1) is 11.4 Å². The second-order valence-electron chi connectivity index (χ2n) is 4.63. The van der Waals surface area contributed by atoms with Crippen LogP contribution in [0, 0.1) is 13.8 Å². The van der Waals surface area contributed by atoms with E-state index in [-0.39, 0.29) is 6.61 Å². The number of ether oxygens (including phenoxy) is 1. The summed E-state index contributed by atoms with van der Waals surface area (Å²) in [6, 6.07) is 4.79. The Morgan fingerprint density at radius 3 is 2.73 bits per heavy atom. The number of hydrogen-bond donors (Lipinski definition) is 3. The van der Waals surface area contributed by atoms with Gasteiger partial charge in [-0.15, -0.1) is 0 Å². The van der Waals surface area contributed by atoms with E-state index in [1.807, 2.05) is 18.4 Å². The number of hydrazine groups is 2. The highest BCUT2D eigenvalue weighted by molar-refractivity contribution is 5.91. The van der Waals surface area contributed by atoms with Crippen LogP contribution in [0.3, 0.4) is 0 Å². The summed E-state index contributed by atoms with van der Waals surface area (Å²) in [5.41, 5.74) is 4.87. The number of carbonyl (C=O) groups excluding carboxylic acids is 1. The Hall–Kier alpha value is -2.71. The van der Waals surface area contributed by atoms with Crippen molar-refractivity contribution in [3.05, 3.63) is 47.4 Å². The molecule has 0 spiro atoms. The Labute approximate surface area is 128 Å². The summed E-state index contributed by atoms with van der Waals surface area (Å²) in [4.78, 5) is 19.8. The average Bonchev–Trinajstić information content (AvgIpc) is 2.53. The van der Waals surface area contributed by atoms with Crippen LogP contribution in [-0.2, 0) is 6.61 Å². The molecule has 116 valence electrons. The molecular weight excluding hydrogens is 284 g/mol. The fourth-order valence-electron chi connectivity index (χ4n) is 1.96. The summed E-state index contributed by atoms with van der Waals surface area (Å²) < 4.78 is 5.69. The van der Waals surface area contributed by atoms with Crippen LogP contribution in [0.15, 0.2) is 30.6 Å². The van der Waals surface area contributed by atoms with Crippen molar-refractivity contribution in [3.63, 3.8) is 0 Å². The topological polar surface area (TPSA) is 119 Å². The summed E-state index contributed by atoms with van der Waals surface area (Å²) in [6.07, 6.45) is 3.15. The van der Waals surface area contributed by atoms with E-state index in [1.54, 1.807) is 31.5 Å². The van der Waals surface area contributed by atoms with Gasteiger partial charge in [-0.05, 0) is 25.5 Å². The van der Waals surface area contributed by atoms with Crippen LogP contribution in [0.4, 0.5) is 10.5 Å². The smallest absolute Gasteiger partial charge is 0.350 e. The van der Waals surface area contributed by atoms with E-state index in [2.05, 4.69) is 9.97 Å². The van der Waals surface area contributed by atoms with Gasteiger partial charge in [-0.2, -0.15) is 0 Å². The van der Waals surface area contributed by atoms with Gasteiger partial charge in [0.25, 0.3) is 0 Å². The van der Waals surface area contributed by atoms with Gasteiger partial charge in [0, 0.05) is 18.0 Å². The van der Waals surface area contributed by atoms with Crippen LogP contribution in [0.25, 0.3) is 0 Å². The van der Waals surface area contributed by atoms with Crippen molar-refractivity contribution in [3.8, 4) is 5.88 Å². The third-order valence-electron chi connectivity index (χ3n) is 3.18. The number of carbonyl (C=O) groups is 1. The van der Waals surface area contributed by atoms with Crippen molar-refractivity contribution in [2.75, 3.05) is 5.01 Å². The molecule has 0 radical (unpaired) electrons. The Morgan fingerprint density at radius 1 is 1.32 bits per heavy atom. The number of urea groups is 1. The molecule has 0 saturated heterocycles. The highest BCUT2D eigenvalue weighted by Crippen LogP contribution is 2.24. The average molecular weight is 302 g/mol. The molecule has 0 aliphatic carbocycles. The van der Waals surface area contributed by atoms with Crippen LogP contribution in [-0.4, -0.2) is 16.0 Å². The van der Waals surface area contributed by atoms with Gasteiger partial charge in [-0.1, -0.05) is 12.1 Å². The number of aromatic nitrogens is 2. The first-order chi connectivity index (χ1) is 10.5. The van der Waals surface area contributed by atoms with E-state index in [1.165, 1.54) is 0 Å². The molecule has 1 heterocycles. The van der Waals surface area contributed by atoms with Gasteiger partial charge in [0.15, 0.2) is 0 Å². The van der Waals surface area contributed by atoms with Gasteiger partial charge < -0.3 is 4.74 Å². The third kappa shape index (κ3) is 3.30. The van der Waals surface area contributed by atoms with Crippen LogP contribution in [0.1, 0.15) is 16.8 Å². The van der Waals surface area contributed by atoms with Gasteiger partial charge >= 0.3 is 6.03 Å². The van der Waals surface area contributed by atoms with E-state index in [0.717, 1.165) is 16.1 Å². The largest absolute Gasteiger partial charge is 0.471 e. The molecule has 8 nitrogen and oxygen atoms in total.